The van der Waals surface area contributed by atoms with Crippen molar-refractivity contribution in [3.05, 3.63) is 59.7 Å². The molecule has 2 nitrogen and oxygen atoms in total. The fraction of sp³-hybridized carbons (Fsp3) is 0.278. The van der Waals surface area contributed by atoms with E-state index in [2.05, 4.69) is 65.4 Å². The number of nitrogens with zero attached hydrogens (tertiary/aromatic N) is 1. The lowest BCUT2D eigenvalue weighted by atomic mass is 10.0. The number of rotatable bonds is 6. The minimum absolute atomic E-state index is 0. The SMILES string of the molecule is Br.CCCCSc1nc2ccc(Cc3ccccc3)cc2[nH]1. The molecule has 0 fully saturated rings. The Balaban J connectivity index is 0.00000176. The number of benzene rings is 2. The molecule has 0 spiro atoms. The summed E-state index contributed by atoms with van der Waals surface area (Å²) in [6, 6.07) is 17.1. The number of unbranched alkanes of at least 4 members (excludes halogenated alkanes) is 1. The number of aromatic nitrogens is 2. The Morgan fingerprint density at radius 2 is 1.86 bits per heavy atom. The van der Waals surface area contributed by atoms with Crippen LogP contribution in [-0.4, -0.2) is 15.7 Å². The van der Waals surface area contributed by atoms with Crippen molar-refractivity contribution in [2.24, 2.45) is 0 Å². The van der Waals surface area contributed by atoms with Crippen molar-refractivity contribution in [2.75, 3.05) is 5.75 Å². The van der Waals surface area contributed by atoms with Gasteiger partial charge in [0.25, 0.3) is 0 Å². The van der Waals surface area contributed by atoms with Crippen LogP contribution in [0.1, 0.15) is 30.9 Å². The second-order valence-corrected chi connectivity index (χ2v) is 6.34. The number of aromatic amines is 1. The van der Waals surface area contributed by atoms with Gasteiger partial charge in [-0.1, -0.05) is 61.5 Å². The molecule has 0 aliphatic heterocycles. The lowest BCUT2D eigenvalue weighted by Crippen LogP contribution is -1.87. The summed E-state index contributed by atoms with van der Waals surface area (Å²) in [5, 5.41) is 1.04. The molecule has 22 heavy (non-hydrogen) atoms. The Hall–Kier alpha value is -1.26. The normalized spacial score (nSPS) is 10.6. The van der Waals surface area contributed by atoms with Gasteiger partial charge >= 0.3 is 0 Å². The van der Waals surface area contributed by atoms with E-state index in [1.165, 1.54) is 24.0 Å². The number of thioether (sulfide) groups is 1. The van der Waals surface area contributed by atoms with Crippen LogP contribution in [0.5, 0.6) is 0 Å². The van der Waals surface area contributed by atoms with E-state index in [1.807, 2.05) is 11.8 Å². The second kappa shape index (κ2) is 8.39. The molecular weight excluding hydrogens is 356 g/mol. The molecule has 0 saturated heterocycles. The molecule has 0 saturated carbocycles. The predicted octanol–water partition coefficient (Wildman–Crippen LogP) is 5.62. The maximum Gasteiger partial charge on any atom is 0.166 e. The first kappa shape index (κ1) is 17.1. The molecule has 1 heterocycles. The van der Waals surface area contributed by atoms with Gasteiger partial charge in [-0.15, -0.1) is 17.0 Å². The van der Waals surface area contributed by atoms with Crippen LogP contribution in [0.4, 0.5) is 0 Å². The highest BCUT2D eigenvalue weighted by molar-refractivity contribution is 8.93. The van der Waals surface area contributed by atoms with Crippen LogP contribution in [0.3, 0.4) is 0 Å². The number of hydrogen-bond donors (Lipinski definition) is 1. The standard InChI is InChI=1S/C18H20N2S.BrH/c1-2-3-11-21-18-19-16-10-9-15(13-17(16)20-18)12-14-7-5-4-6-8-14;/h4-10,13H,2-3,11-12H2,1H3,(H,19,20);1H. The molecule has 0 aliphatic rings. The van der Waals surface area contributed by atoms with Crippen LogP contribution < -0.4 is 0 Å². The van der Waals surface area contributed by atoms with Gasteiger partial charge in [0, 0.05) is 5.75 Å². The van der Waals surface area contributed by atoms with Crippen LogP contribution in [0.15, 0.2) is 53.7 Å². The summed E-state index contributed by atoms with van der Waals surface area (Å²) < 4.78 is 0. The summed E-state index contributed by atoms with van der Waals surface area (Å²) in [5.74, 6) is 1.13. The zero-order chi connectivity index (χ0) is 14.5. The number of halogens is 1. The first-order valence-electron chi connectivity index (χ1n) is 7.50. The number of fused-ring (bicyclic) bond motifs is 1. The van der Waals surface area contributed by atoms with E-state index in [4.69, 9.17) is 0 Å². The lowest BCUT2D eigenvalue weighted by Gasteiger charge is -2.01. The van der Waals surface area contributed by atoms with Gasteiger partial charge in [0.2, 0.25) is 0 Å². The summed E-state index contributed by atoms with van der Waals surface area (Å²) in [6.07, 6.45) is 3.43. The zero-order valence-electron chi connectivity index (χ0n) is 12.7. The van der Waals surface area contributed by atoms with Crippen molar-refractivity contribution >= 4 is 39.8 Å². The van der Waals surface area contributed by atoms with E-state index in [-0.39, 0.29) is 17.0 Å². The van der Waals surface area contributed by atoms with Crippen molar-refractivity contribution in [1.82, 2.24) is 9.97 Å². The smallest absolute Gasteiger partial charge is 0.166 e. The summed E-state index contributed by atoms with van der Waals surface area (Å²) >= 11 is 1.81. The molecule has 0 atom stereocenters. The van der Waals surface area contributed by atoms with Crippen LogP contribution in [0.25, 0.3) is 11.0 Å². The molecule has 0 bridgehead atoms. The van der Waals surface area contributed by atoms with Gasteiger partial charge in [0.05, 0.1) is 11.0 Å². The molecule has 116 valence electrons. The molecule has 0 amide bonds. The molecule has 0 aliphatic carbocycles. The summed E-state index contributed by atoms with van der Waals surface area (Å²) in [7, 11) is 0. The first-order chi connectivity index (χ1) is 10.3. The van der Waals surface area contributed by atoms with Crippen LogP contribution in [0.2, 0.25) is 0 Å². The number of imidazole rings is 1. The second-order valence-electron chi connectivity index (χ2n) is 5.26. The van der Waals surface area contributed by atoms with Crippen LogP contribution >= 0.6 is 28.7 Å². The van der Waals surface area contributed by atoms with Crippen molar-refractivity contribution in [1.29, 1.82) is 0 Å². The number of hydrogen-bond acceptors (Lipinski definition) is 2. The lowest BCUT2D eigenvalue weighted by molar-refractivity contribution is 0.893. The highest BCUT2D eigenvalue weighted by Crippen LogP contribution is 2.22. The van der Waals surface area contributed by atoms with Crippen molar-refractivity contribution < 1.29 is 0 Å². The zero-order valence-corrected chi connectivity index (χ0v) is 15.2. The highest BCUT2D eigenvalue weighted by Gasteiger charge is 2.04. The van der Waals surface area contributed by atoms with Gasteiger partial charge in [-0.3, -0.25) is 0 Å². The largest absolute Gasteiger partial charge is 0.333 e. The third-order valence-electron chi connectivity index (χ3n) is 3.51. The Morgan fingerprint density at radius 3 is 2.64 bits per heavy atom. The molecule has 0 unspecified atom stereocenters. The third-order valence-corrected chi connectivity index (χ3v) is 4.47. The van der Waals surface area contributed by atoms with E-state index < -0.39 is 0 Å². The number of H-pyrrole nitrogens is 1. The van der Waals surface area contributed by atoms with E-state index in [0.29, 0.717) is 0 Å². The molecule has 3 aromatic rings. The summed E-state index contributed by atoms with van der Waals surface area (Å²) in [5.41, 5.74) is 4.87. The fourth-order valence-electron chi connectivity index (χ4n) is 2.36. The van der Waals surface area contributed by atoms with E-state index in [9.17, 15) is 0 Å². The average Bonchev–Trinajstić information content (AvgIpc) is 2.90. The van der Waals surface area contributed by atoms with E-state index in [1.54, 1.807) is 0 Å². The van der Waals surface area contributed by atoms with Crippen molar-refractivity contribution in [3.8, 4) is 0 Å². The van der Waals surface area contributed by atoms with Gasteiger partial charge in [0.1, 0.15) is 0 Å². The Bertz CT molecular complexity index is 709. The molecule has 2 aromatic carbocycles. The monoisotopic (exact) mass is 376 g/mol. The highest BCUT2D eigenvalue weighted by atomic mass is 79.9. The molecule has 1 aromatic heterocycles. The Kier molecular flexibility index (Phi) is 6.52. The Labute approximate surface area is 146 Å². The van der Waals surface area contributed by atoms with Gasteiger partial charge in [-0.2, -0.15) is 0 Å². The maximum absolute atomic E-state index is 4.64. The molecule has 4 heteroatoms. The topological polar surface area (TPSA) is 28.7 Å². The summed E-state index contributed by atoms with van der Waals surface area (Å²) in [6.45, 7) is 2.22. The molecule has 0 radical (unpaired) electrons. The molecular formula is C18H21BrN2S. The van der Waals surface area contributed by atoms with E-state index >= 15 is 0 Å². The predicted molar refractivity (Wildman–Crippen MR) is 101 cm³/mol. The average molecular weight is 377 g/mol. The van der Waals surface area contributed by atoms with Gasteiger partial charge < -0.3 is 4.98 Å². The fourth-order valence-corrected chi connectivity index (χ4v) is 3.33. The van der Waals surface area contributed by atoms with E-state index in [0.717, 1.165) is 28.4 Å². The minimum Gasteiger partial charge on any atom is -0.333 e. The minimum atomic E-state index is 0. The Morgan fingerprint density at radius 1 is 1.05 bits per heavy atom. The van der Waals surface area contributed by atoms with Crippen molar-refractivity contribution in [3.63, 3.8) is 0 Å². The van der Waals surface area contributed by atoms with Crippen LogP contribution in [-0.2, 0) is 6.42 Å². The quantitative estimate of drug-likeness (QED) is 0.446. The van der Waals surface area contributed by atoms with Gasteiger partial charge in [0.15, 0.2) is 5.16 Å². The van der Waals surface area contributed by atoms with Gasteiger partial charge in [-0.05, 0) is 36.1 Å². The number of nitrogens with one attached hydrogen (secondary N) is 1. The van der Waals surface area contributed by atoms with Gasteiger partial charge in [-0.25, -0.2) is 4.98 Å². The molecule has 1 N–H and O–H groups in total. The van der Waals surface area contributed by atoms with Crippen molar-refractivity contribution in [2.45, 2.75) is 31.3 Å². The maximum atomic E-state index is 4.64. The third kappa shape index (κ3) is 4.37. The molecule has 3 rings (SSSR count). The van der Waals surface area contributed by atoms with Crippen LogP contribution in [0, 0.1) is 0 Å². The summed E-state index contributed by atoms with van der Waals surface area (Å²) in [4.78, 5) is 8.07. The first-order valence-corrected chi connectivity index (χ1v) is 8.49.